The first-order valence-electron chi connectivity index (χ1n) is 7.19. The van der Waals surface area contributed by atoms with Crippen molar-refractivity contribution >= 4 is 25.8 Å². The van der Waals surface area contributed by atoms with Gasteiger partial charge in [-0.1, -0.05) is 64.0 Å². The molecule has 0 saturated heterocycles. The van der Waals surface area contributed by atoms with Crippen molar-refractivity contribution in [2.24, 2.45) is 5.73 Å². The summed E-state index contributed by atoms with van der Waals surface area (Å²) in [6.45, 7) is 12.9. The van der Waals surface area contributed by atoms with Gasteiger partial charge in [-0.05, 0) is 22.6 Å². The first-order valence-corrected chi connectivity index (χ1v) is 11.1. The molecule has 0 aliphatic carbocycles. The van der Waals surface area contributed by atoms with E-state index in [2.05, 4.69) is 51.9 Å². The van der Waals surface area contributed by atoms with Gasteiger partial charge in [-0.3, -0.25) is 0 Å². The van der Waals surface area contributed by atoms with E-state index in [1.807, 2.05) is 12.1 Å². The molecule has 0 bridgehead atoms. The van der Waals surface area contributed by atoms with Crippen molar-refractivity contribution in [3.63, 3.8) is 0 Å². The van der Waals surface area contributed by atoms with Crippen molar-refractivity contribution in [3.05, 3.63) is 33.8 Å². The largest absolute Gasteiger partial charge is 0.445 e. The minimum Gasteiger partial charge on any atom is -0.445 e. The maximum absolute atomic E-state index is 10.8. The van der Waals surface area contributed by atoms with E-state index >= 15 is 0 Å². The number of primary amides is 1. The van der Waals surface area contributed by atoms with E-state index in [1.165, 1.54) is 0 Å². The summed E-state index contributed by atoms with van der Waals surface area (Å²) >= 11 is 6.58. The highest BCUT2D eigenvalue weighted by Crippen LogP contribution is 2.35. The molecule has 1 rings (SSSR count). The van der Waals surface area contributed by atoms with Crippen molar-refractivity contribution in [1.82, 2.24) is 0 Å². The predicted molar refractivity (Wildman–Crippen MR) is 94.7 cm³/mol. The van der Waals surface area contributed by atoms with Crippen LogP contribution in [0, 0.1) is 11.5 Å². The Balaban J connectivity index is 3.37. The van der Waals surface area contributed by atoms with Gasteiger partial charge in [0.05, 0.1) is 5.02 Å². The standard InChI is InChI=1S/C17H24ClNO2Si/c1-17(2,3)14-13(11-21-16(19)20)8-7-12(15(14)18)9-10-22(4,5)6/h7-8H,11H2,1-6H3,(H2,19,20). The predicted octanol–water partition coefficient (Wildman–Crippen LogP) is 4.46. The molecule has 0 fully saturated rings. The molecule has 22 heavy (non-hydrogen) atoms. The Morgan fingerprint density at radius 3 is 2.36 bits per heavy atom. The molecule has 1 amide bonds. The molecule has 0 unspecified atom stereocenters. The summed E-state index contributed by atoms with van der Waals surface area (Å²) in [7, 11) is -1.48. The second-order valence-electron chi connectivity index (χ2n) is 7.32. The summed E-state index contributed by atoms with van der Waals surface area (Å²) in [5.41, 5.74) is 10.8. The average Bonchev–Trinajstić information content (AvgIpc) is 2.32. The number of ether oxygens (including phenoxy) is 1. The number of nitrogens with two attached hydrogens (primary N) is 1. The van der Waals surface area contributed by atoms with E-state index < -0.39 is 14.2 Å². The molecule has 0 saturated carbocycles. The highest BCUT2D eigenvalue weighted by molar-refractivity contribution is 6.83. The van der Waals surface area contributed by atoms with Crippen LogP contribution in [0.25, 0.3) is 0 Å². The van der Waals surface area contributed by atoms with Crippen molar-refractivity contribution in [2.75, 3.05) is 0 Å². The zero-order valence-electron chi connectivity index (χ0n) is 14.1. The van der Waals surface area contributed by atoms with Gasteiger partial charge in [0.25, 0.3) is 0 Å². The first-order chi connectivity index (χ1) is 9.92. The van der Waals surface area contributed by atoms with Crippen molar-refractivity contribution < 1.29 is 9.53 Å². The van der Waals surface area contributed by atoms with Crippen LogP contribution in [0.1, 0.15) is 37.5 Å². The lowest BCUT2D eigenvalue weighted by molar-refractivity contribution is 0.149. The van der Waals surface area contributed by atoms with Crippen LogP contribution < -0.4 is 5.73 Å². The lowest BCUT2D eigenvalue weighted by Gasteiger charge is -2.25. The van der Waals surface area contributed by atoms with Gasteiger partial charge in [-0.2, -0.15) is 0 Å². The fraction of sp³-hybridized carbons (Fsp3) is 0.471. The minimum absolute atomic E-state index is 0.114. The number of rotatable bonds is 2. The number of benzene rings is 1. The highest BCUT2D eigenvalue weighted by atomic mass is 35.5. The number of hydrogen-bond acceptors (Lipinski definition) is 2. The van der Waals surface area contributed by atoms with Gasteiger partial charge in [0, 0.05) is 5.56 Å². The molecule has 0 aliphatic heterocycles. The molecule has 0 aliphatic rings. The number of carbonyl (C=O) groups is 1. The summed E-state index contributed by atoms with van der Waals surface area (Å²) < 4.78 is 4.92. The van der Waals surface area contributed by atoms with Crippen LogP contribution in [-0.2, 0) is 16.8 Å². The molecule has 120 valence electrons. The summed E-state index contributed by atoms with van der Waals surface area (Å²) in [6, 6.07) is 3.79. The zero-order chi connectivity index (χ0) is 17.1. The van der Waals surface area contributed by atoms with Crippen LogP contribution in [0.4, 0.5) is 4.79 Å². The Hall–Kier alpha value is -1.44. The molecule has 0 atom stereocenters. The van der Waals surface area contributed by atoms with Gasteiger partial charge >= 0.3 is 6.09 Å². The third kappa shape index (κ3) is 5.40. The smallest absolute Gasteiger partial charge is 0.404 e. The van der Waals surface area contributed by atoms with Crippen LogP contribution in [0.5, 0.6) is 0 Å². The Morgan fingerprint density at radius 2 is 1.91 bits per heavy atom. The lowest BCUT2D eigenvalue weighted by Crippen LogP contribution is -2.19. The van der Waals surface area contributed by atoms with Gasteiger partial charge in [0.2, 0.25) is 0 Å². The maximum Gasteiger partial charge on any atom is 0.404 e. The second-order valence-corrected chi connectivity index (χ2v) is 12.4. The van der Waals surface area contributed by atoms with Gasteiger partial charge in [0.1, 0.15) is 14.7 Å². The van der Waals surface area contributed by atoms with Crippen molar-refractivity contribution in [1.29, 1.82) is 0 Å². The number of hydrogen-bond donors (Lipinski definition) is 1. The Bertz CT molecular complexity index is 631. The third-order valence-electron chi connectivity index (χ3n) is 2.92. The first kappa shape index (κ1) is 18.6. The molecule has 0 aromatic heterocycles. The van der Waals surface area contributed by atoms with Crippen molar-refractivity contribution in [2.45, 2.75) is 52.4 Å². The molecular weight excluding hydrogens is 314 g/mol. The van der Waals surface area contributed by atoms with E-state index in [0.717, 1.165) is 16.7 Å². The van der Waals surface area contributed by atoms with Crippen molar-refractivity contribution in [3.8, 4) is 11.5 Å². The van der Waals surface area contributed by atoms with E-state index in [-0.39, 0.29) is 12.0 Å². The molecule has 5 heteroatoms. The highest BCUT2D eigenvalue weighted by Gasteiger charge is 2.23. The van der Waals surface area contributed by atoms with Crippen LogP contribution in [0.3, 0.4) is 0 Å². The molecule has 2 N–H and O–H groups in total. The maximum atomic E-state index is 10.8. The molecule has 0 heterocycles. The number of halogens is 1. The second kappa shape index (κ2) is 6.76. The molecular formula is C17H24ClNO2Si. The Morgan fingerprint density at radius 1 is 1.32 bits per heavy atom. The SMILES string of the molecule is CC(C)(C)c1c(COC(N)=O)ccc(C#C[Si](C)(C)C)c1Cl. The topological polar surface area (TPSA) is 52.3 Å². The minimum atomic E-state index is -1.48. The van der Waals surface area contributed by atoms with Crippen LogP contribution >= 0.6 is 11.6 Å². The Labute approximate surface area is 139 Å². The van der Waals surface area contributed by atoms with E-state index in [4.69, 9.17) is 22.1 Å². The molecule has 1 aromatic carbocycles. The lowest BCUT2D eigenvalue weighted by atomic mass is 9.83. The third-order valence-corrected chi connectivity index (χ3v) is 4.19. The van der Waals surface area contributed by atoms with Crippen LogP contribution in [-0.4, -0.2) is 14.2 Å². The molecule has 1 aromatic rings. The van der Waals surface area contributed by atoms with E-state index in [1.54, 1.807) is 0 Å². The normalized spacial score (nSPS) is 11.6. The van der Waals surface area contributed by atoms with Crippen LogP contribution in [0.2, 0.25) is 24.7 Å². The summed E-state index contributed by atoms with van der Waals surface area (Å²) in [5.74, 6) is 3.20. The van der Waals surface area contributed by atoms with Crippen LogP contribution in [0.15, 0.2) is 12.1 Å². The van der Waals surface area contributed by atoms with Gasteiger partial charge < -0.3 is 10.5 Å². The fourth-order valence-corrected chi connectivity index (χ4v) is 3.07. The molecule has 0 spiro atoms. The molecule has 3 nitrogen and oxygen atoms in total. The van der Waals surface area contributed by atoms with Gasteiger partial charge in [-0.25, -0.2) is 4.79 Å². The monoisotopic (exact) mass is 337 g/mol. The fourth-order valence-electron chi connectivity index (χ4n) is 2.05. The van der Waals surface area contributed by atoms with Gasteiger partial charge in [0.15, 0.2) is 0 Å². The van der Waals surface area contributed by atoms with Gasteiger partial charge in [-0.15, -0.1) is 5.54 Å². The number of amides is 1. The number of carbonyl (C=O) groups excluding carboxylic acids is 1. The summed E-state index contributed by atoms with van der Waals surface area (Å²) in [4.78, 5) is 10.8. The Kier molecular flexibility index (Phi) is 5.72. The zero-order valence-corrected chi connectivity index (χ0v) is 15.9. The van der Waals surface area contributed by atoms with E-state index in [0.29, 0.717) is 5.02 Å². The summed E-state index contributed by atoms with van der Waals surface area (Å²) in [6.07, 6.45) is -0.793. The quantitative estimate of drug-likeness (QED) is 0.639. The van der Waals surface area contributed by atoms with E-state index in [9.17, 15) is 4.79 Å². The molecule has 0 radical (unpaired) electrons. The summed E-state index contributed by atoms with van der Waals surface area (Å²) in [5, 5.41) is 0.629. The average molecular weight is 338 g/mol.